The maximum absolute atomic E-state index is 12.6. The van der Waals surface area contributed by atoms with Gasteiger partial charge in [0.1, 0.15) is 5.82 Å². The molecule has 1 aliphatic rings. The molecule has 0 radical (unpaired) electrons. The van der Waals surface area contributed by atoms with Crippen LogP contribution in [-0.4, -0.2) is 41.6 Å². The Bertz CT molecular complexity index is 428. The minimum Gasteiger partial charge on any atom is -0.354 e. The number of halogens is 4. The highest BCUT2D eigenvalue weighted by molar-refractivity contribution is 6.20. The minimum absolute atomic E-state index is 0.0587. The summed E-state index contributed by atoms with van der Waals surface area (Å²) in [5.41, 5.74) is -0.720. The molecule has 3 nitrogen and oxygen atoms in total. The van der Waals surface area contributed by atoms with Crippen molar-refractivity contribution in [3.63, 3.8) is 0 Å². The monoisotopic (exact) mass is 293 g/mol. The molecule has 1 unspecified atom stereocenters. The highest BCUT2D eigenvalue weighted by Gasteiger charge is 2.31. The predicted octanol–water partition coefficient (Wildman–Crippen LogP) is 2.81. The molecule has 1 aromatic rings. The Morgan fingerprint density at radius 2 is 1.89 bits per heavy atom. The Morgan fingerprint density at radius 3 is 2.42 bits per heavy atom. The van der Waals surface area contributed by atoms with Gasteiger partial charge in [-0.3, -0.25) is 4.90 Å². The molecule has 1 atom stereocenters. The zero-order valence-electron chi connectivity index (χ0n) is 10.5. The van der Waals surface area contributed by atoms with Gasteiger partial charge in [-0.2, -0.15) is 13.2 Å². The molecule has 1 aromatic heterocycles. The summed E-state index contributed by atoms with van der Waals surface area (Å²) in [6.45, 7) is 4.60. The van der Waals surface area contributed by atoms with Crippen LogP contribution in [0.4, 0.5) is 19.0 Å². The number of anilines is 1. The van der Waals surface area contributed by atoms with Crippen molar-refractivity contribution in [2.45, 2.75) is 18.6 Å². The lowest BCUT2D eigenvalue weighted by Gasteiger charge is -2.36. The lowest BCUT2D eigenvalue weighted by atomic mass is 10.2. The average Bonchev–Trinajstić information content (AvgIpc) is 2.38. The molecule has 2 heterocycles. The van der Waals surface area contributed by atoms with Crippen LogP contribution in [0.25, 0.3) is 0 Å². The van der Waals surface area contributed by atoms with Gasteiger partial charge in [0.15, 0.2) is 0 Å². The van der Waals surface area contributed by atoms with Gasteiger partial charge in [-0.05, 0) is 19.1 Å². The van der Waals surface area contributed by atoms with Crippen LogP contribution < -0.4 is 4.90 Å². The fourth-order valence-corrected chi connectivity index (χ4v) is 2.27. The summed E-state index contributed by atoms with van der Waals surface area (Å²) >= 11 is 5.98. The average molecular weight is 294 g/mol. The first-order valence-electron chi connectivity index (χ1n) is 6.04. The standard InChI is InChI=1S/C12H15ClF3N3/c1-9(13)18-4-6-19(7-5-18)11-8-10(2-3-17-11)12(14,15)16/h2-3,8-9H,4-7H2,1H3. The van der Waals surface area contributed by atoms with E-state index in [1.165, 1.54) is 6.20 Å². The number of hydrogen-bond acceptors (Lipinski definition) is 3. The van der Waals surface area contributed by atoms with Crippen LogP contribution in [0, 0.1) is 0 Å². The molecule has 0 saturated carbocycles. The largest absolute Gasteiger partial charge is 0.416 e. The van der Waals surface area contributed by atoms with Crippen molar-refractivity contribution in [2.75, 3.05) is 31.1 Å². The summed E-state index contributed by atoms with van der Waals surface area (Å²) in [7, 11) is 0. The molecule has 106 valence electrons. The quantitative estimate of drug-likeness (QED) is 0.617. The Balaban J connectivity index is 2.08. The summed E-state index contributed by atoms with van der Waals surface area (Å²) in [5, 5.41) is 0. The van der Waals surface area contributed by atoms with Gasteiger partial charge in [0, 0.05) is 32.4 Å². The van der Waals surface area contributed by atoms with Crippen molar-refractivity contribution in [1.82, 2.24) is 9.88 Å². The summed E-state index contributed by atoms with van der Waals surface area (Å²) in [6, 6.07) is 2.08. The third-order valence-electron chi connectivity index (χ3n) is 3.21. The van der Waals surface area contributed by atoms with E-state index in [2.05, 4.69) is 9.88 Å². The number of nitrogens with zero attached hydrogens (tertiary/aromatic N) is 3. The van der Waals surface area contributed by atoms with E-state index < -0.39 is 11.7 Å². The summed E-state index contributed by atoms with van der Waals surface area (Å²) in [6.07, 6.45) is -3.13. The van der Waals surface area contributed by atoms with E-state index in [1.54, 1.807) is 0 Å². The summed E-state index contributed by atoms with van der Waals surface area (Å²) in [5.74, 6) is 0.372. The third kappa shape index (κ3) is 3.51. The van der Waals surface area contributed by atoms with Gasteiger partial charge in [-0.15, -0.1) is 11.6 Å². The zero-order valence-corrected chi connectivity index (χ0v) is 11.2. The van der Waals surface area contributed by atoms with E-state index >= 15 is 0 Å². The van der Waals surface area contributed by atoms with Crippen molar-refractivity contribution in [2.24, 2.45) is 0 Å². The number of rotatable bonds is 2. The fourth-order valence-electron chi connectivity index (χ4n) is 2.07. The molecule has 0 aromatic carbocycles. The maximum atomic E-state index is 12.6. The lowest BCUT2D eigenvalue weighted by molar-refractivity contribution is -0.137. The first kappa shape index (κ1) is 14.4. The van der Waals surface area contributed by atoms with E-state index in [4.69, 9.17) is 11.6 Å². The second-order valence-corrected chi connectivity index (χ2v) is 5.13. The SMILES string of the molecule is CC(Cl)N1CCN(c2cc(C(F)(F)F)ccn2)CC1. The van der Waals surface area contributed by atoms with E-state index in [1.807, 2.05) is 11.8 Å². The van der Waals surface area contributed by atoms with Gasteiger partial charge in [-0.1, -0.05) is 0 Å². The molecule has 0 N–H and O–H groups in total. The van der Waals surface area contributed by atoms with Crippen LogP contribution >= 0.6 is 11.6 Å². The molecule has 1 aliphatic heterocycles. The molecular formula is C12H15ClF3N3. The first-order chi connectivity index (χ1) is 8.88. The summed E-state index contributed by atoms with van der Waals surface area (Å²) in [4.78, 5) is 7.95. The van der Waals surface area contributed by atoms with Gasteiger partial charge in [0.05, 0.1) is 11.1 Å². The number of pyridine rings is 1. The molecule has 19 heavy (non-hydrogen) atoms. The molecule has 7 heteroatoms. The molecule has 0 amide bonds. The summed E-state index contributed by atoms with van der Waals surface area (Å²) < 4.78 is 37.9. The molecule has 2 rings (SSSR count). The number of aromatic nitrogens is 1. The second kappa shape index (κ2) is 5.54. The second-order valence-electron chi connectivity index (χ2n) is 4.50. The smallest absolute Gasteiger partial charge is 0.354 e. The number of alkyl halides is 4. The highest BCUT2D eigenvalue weighted by Crippen LogP contribution is 2.30. The van der Waals surface area contributed by atoms with Crippen LogP contribution in [0.1, 0.15) is 12.5 Å². The van der Waals surface area contributed by atoms with E-state index in [0.29, 0.717) is 18.9 Å². The van der Waals surface area contributed by atoms with Gasteiger partial charge >= 0.3 is 6.18 Å². The first-order valence-corrected chi connectivity index (χ1v) is 6.48. The van der Waals surface area contributed by atoms with Crippen molar-refractivity contribution < 1.29 is 13.2 Å². The van der Waals surface area contributed by atoms with E-state index in [0.717, 1.165) is 25.2 Å². The van der Waals surface area contributed by atoms with Gasteiger partial charge in [-0.25, -0.2) is 4.98 Å². The van der Waals surface area contributed by atoms with Crippen molar-refractivity contribution in [3.8, 4) is 0 Å². The molecule has 0 spiro atoms. The van der Waals surface area contributed by atoms with Crippen LogP contribution in [0.15, 0.2) is 18.3 Å². The van der Waals surface area contributed by atoms with Crippen molar-refractivity contribution >= 4 is 17.4 Å². The molecule has 0 bridgehead atoms. The number of hydrogen-bond donors (Lipinski definition) is 0. The van der Waals surface area contributed by atoms with Crippen molar-refractivity contribution in [3.05, 3.63) is 23.9 Å². The van der Waals surface area contributed by atoms with Gasteiger partial charge in [0.25, 0.3) is 0 Å². The Labute approximate surface area is 115 Å². The lowest BCUT2D eigenvalue weighted by Crippen LogP contribution is -2.48. The Hall–Kier alpha value is -1.01. The van der Waals surface area contributed by atoms with Gasteiger partial charge in [0.2, 0.25) is 0 Å². The van der Waals surface area contributed by atoms with Crippen LogP contribution in [0.5, 0.6) is 0 Å². The normalized spacial score (nSPS) is 19.5. The molecular weight excluding hydrogens is 279 g/mol. The fraction of sp³-hybridized carbons (Fsp3) is 0.583. The maximum Gasteiger partial charge on any atom is 0.416 e. The third-order valence-corrected chi connectivity index (χ3v) is 3.49. The Morgan fingerprint density at radius 1 is 1.26 bits per heavy atom. The van der Waals surface area contributed by atoms with Gasteiger partial charge < -0.3 is 4.90 Å². The Kier molecular flexibility index (Phi) is 4.20. The zero-order chi connectivity index (χ0) is 14.0. The van der Waals surface area contributed by atoms with E-state index in [-0.39, 0.29) is 5.50 Å². The van der Waals surface area contributed by atoms with Crippen LogP contribution in [0.3, 0.4) is 0 Å². The van der Waals surface area contributed by atoms with Crippen LogP contribution in [-0.2, 0) is 6.18 Å². The topological polar surface area (TPSA) is 19.4 Å². The molecule has 1 saturated heterocycles. The van der Waals surface area contributed by atoms with Crippen LogP contribution in [0.2, 0.25) is 0 Å². The minimum atomic E-state index is -4.33. The highest BCUT2D eigenvalue weighted by atomic mass is 35.5. The molecule has 0 aliphatic carbocycles. The van der Waals surface area contributed by atoms with E-state index in [9.17, 15) is 13.2 Å². The predicted molar refractivity (Wildman–Crippen MR) is 68.3 cm³/mol. The number of piperazine rings is 1. The van der Waals surface area contributed by atoms with Crippen molar-refractivity contribution in [1.29, 1.82) is 0 Å². The molecule has 1 fully saturated rings.